The van der Waals surface area contributed by atoms with E-state index in [9.17, 15) is 8.42 Å². The largest absolute Gasteiger partial charge is 0.399 e. The van der Waals surface area contributed by atoms with Crippen molar-refractivity contribution in [1.29, 1.82) is 0 Å². The summed E-state index contributed by atoms with van der Waals surface area (Å²) >= 11 is 0. The average Bonchev–Trinajstić information content (AvgIpc) is 2.67. The number of nitrogens with two attached hydrogens (primary N) is 1. The predicted octanol–water partition coefficient (Wildman–Crippen LogP) is 0.702. The van der Waals surface area contributed by atoms with E-state index in [0.717, 1.165) is 12.8 Å². The molecule has 2 heterocycles. The van der Waals surface area contributed by atoms with Gasteiger partial charge < -0.3 is 11.1 Å². The maximum absolute atomic E-state index is 12.7. The van der Waals surface area contributed by atoms with E-state index >= 15 is 0 Å². The quantitative estimate of drug-likeness (QED) is 0.783. The number of anilines is 1. The summed E-state index contributed by atoms with van der Waals surface area (Å²) in [4.78, 5) is 0.378. The summed E-state index contributed by atoms with van der Waals surface area (Å²) in [7, 11) is -3.40. The Balaban J connectivity index is 1.94. The minimum absolute atomic E-state index is 0.308. The van der Waals surface area contributed by atoms with Crippen LogP contribution < -0.4 is 11.1 Å². The molecule has 19 heavy (non-hydrogen) atoms. The van der Waals surface area contributed by atoms with Gasteiger partial charge in [0.05, 0.1) is 4.90 Å². The van der Waals surface area contributed by atoms with Gasteiger partial charge in [0.25, 0.3) is 0 Å². The van der Waals surface area contributed by atoms with Gasteiger partial charge in [-0.25, -0.2) is 8.42 Å². The second-order valence-electron chi connectivity index (χ2n) is 5.48. The summed E-state index contributed by atoms with van der Waals surface area (Å²) in [5.74, 6) is 0. The Bertz CT molecular complexity index is 588. The van der Waals surface area contributed by atoms with Crippen LogP contribution in [0.3, 0.4) is 0 Å². The molecular weight excluding hydrogens is 262 g/mol. The second-order valence-corrected chi connectivity index (χ2v) is 7.39. The van der Waals surface area contributed by atoms with Crippen molar-refractivity contribution in [3.63, 3.8) is 0 Å². The monoisotopic (exact) mass is 281 g/mol. The van der Waals surface area contributed by atoms with Crippen LogP contribution in [0, 0.1) is 6.92 Å². The molecule has 0 amide bonds. The molecule has 1 aromatic carbocycles. The van der Waals surface area contributed by atoms with E-state index < -0.39 is 10.0 Å². The first-order chi connectivity index (χ1) is 8.96. The predicted molar refractivity (Wildman–Crippen MR) is 74.3 cm³/mol. The molecule has 2 unspecified atom stereocenters. The molecule has 104 valence electrons. The molecule has 3 rings (SSSR count). The van der Waals surface area contributed by atoms with Crippen LogP contribution in [0.5, 0.6) is 0 Å². The molecule has 2 aliphatic rings. The molecule has 2 saturated heterocycles. The Morgan fingerprint density at radius 2 is 1.89 bits per heavy atom. The van der Waals surface area contributed by atoms with Crippen LogP contribution in [0.1, 0.15) is 18.4 Å². The maximum Gasteiger partial charge on any atom is 0.243 e. The summed E-state index contributed by atoms with van der Waals surface area (Å²) in [6.45, 7) is 2.94. The average molecular weight is 281 g/mol. The normalized spacial score (nSPS) is 27.6. The molecule has 0 aliphatic carbocycles. The van der Waals surface area contributed by atoms with Crippen LogP contribution in [0.15, 0.2) is 23.1 Å². The fourth-order valence-electron chi connectivity index (χ4n) is 3.05. The summed E-state index contributed by atoms with van der Waals surface area (Å²) in [5, 5.41) is 3.44. The van der Waals surface area contributed by atoms with Crippen LogP contribution in [0.4, 0.5) is 5.69 Å². The van der Waals surface area contributed by atoms with Gasteiger partial charge in [-0.3, -0.25) is 0 Å². The van der Waals surface area contributed by atoms with E-state index in [4.69, 9.17) is 5.73 Å². The molecule has 0 radical (unpaired) electrons. The van der Waals surface area contributed by atoms with Crippen molar-refractivity contribution in [3.05, 3.63) is 23.8 Å². The van der Waals surface area contributed by atoms with Gasteiger partial charge in [0.1, 0.15) is 0 Å². The molecule has 1 aromatic rings. The smallest absolute Gasteiger partial charge is 0.243 e. The Labute approximate surface area is 113 Å². The van der Waals surface area contributed by atoms with E-state index in [1.54, 1.807) is 29.4 Å². The maximum atomic E-state index is 12.7. The zero-order chi connectivity index (χ0) is 13.6. The number of hydrogen-bond donors (Lipinski definition) is 2. The van der Waals surface area contributed by atoms with E-state index in [1.165, 1.54) is 0 Å². The Kier molecular flexibility index (Phi) is 3.03. The fraction of sp³-hybridized carbons (Fsp3) is 0.538. The zero-order valence-electron chi connectivity index (χ0n) is 11.0. The topological polar surface area (TPSA) is 75.4 Å². The Morgan fingerprint density at radius 1 is 1.26 bits per heavy atom. The van der Waals surface area contributed by atoms with Gasteiger partial charge in [-0.05, 0) is 43.5 Å². The highest BCUT2D eigenvalue weighted by Gasteiger charge is 2.38. The number of nitrogen functional groups attached to an aromatic ring is 1. The Morgan fingerprint density at radius 3 is 2.47 bits per heavy atom. The molecule has 2 atom stereocenters. The van der Waals surface area contributed by atoms with Crippen molar-refractivity contribution in [2.24, 2.45) is 0 Å². The highest BCUT2D eigenvalue weighted by atomic mass is 32.2. The molecule has 3 N–H and O–H groups in total. The minimum atomic E-state index is -3.40. The minimum Gasteiger partial charge on any atom is -0.399 e. The SMILES string of the molecule is Cc1cc(N)ccc1S(=O)(=O)N1CC2CCC(C1)N2. The van der Waals surface area contributed by atoms with Crippen molar-refractivity contribution in [1.82, 2.24) is 9.62 Å². The van der Waals surface area contributed by atoms with E-state index in [0.29, 0.717) is 41.3 Å². The number of hydrogen-bond acceptors (Lipinski definition) is 4. The van der Waals surface area contributed by atoms with E-state index in [-0.39, 0.29) is 0 Å². The van der Waals surface area contributed by atoms with Gasteiger partial charge in [-0.15, -0.1) is 0 Å². The van der Waals surface area contributed by atoms with Gasteiger partial charge in [0.2, 0.25) is 10.0 Å². The third-order valence-corrected chi connectivity index (χ3v) is 5.99. The molecule has 2 fully saturated rings. The van der Waals surface area contributed by atoms with Gasteiger partial charge in [-0.2, -0.15) is 4.31 Å². The molecule has 0 aromatic heterocycles. The molecule has 2 bridgehead atoms. The van der Waals surface area contributed by atoms with Gasteiger partial charge in [-0.1, -0.05) is 0 Å². The van der Waals surface area contributed by atoms with Crippen LogP contribution >= 0.6 is 0 Å². The van der Waals surface area contributed by atoms with Crippen molar-refractivity contribution in [2.75, 3.05) is 18.8 Å². The fourth-order valence-corrected chi connectivity index (χ4v) is 4.79. The lowest BCUT2D eigenvalue weighted by Crippen LogP contribution is -2.52. The van der Waals surface area contributed by atoms with Gasteiger partial charge in [0, 0.05) is 30.9 Å². The molecule has 2 aliphatic heterocycles. The van der Waals surface area contributed by atoms with Crippen LogP contribution in [-0.2, 0) is 10.0 Å². The lowest BCUT2D eigenvalue weighted by molar-refractivity contribution is 0.296. The Hall–Kier alpha value is -1.11. The highest BCUT2D eigenvalue weighted by Crippen LogP contribution is 2.27. The summed E-state index contributed by atoms with van der Waals surface area (Å²) in [5.41, 5.74) is 6.99. The number of benzene rings is 1. The lowest BCUT2D eigenvalue weighted by Gasteiger charge is -2.32. The molecule has 6 heteroatoms. The number of piperazine rings is 1. The van der Waals surface area contributed by atoms with Crippen molar-refractivity contribution < 1.29 is 8.42 Å². The van der Waals surface area contributed by atoms with E-state index in [2.05, 4.69) is 5.32 Å². The van der Waals surface area contributed by atoms with E-state index in [1.807, 2.05) is 0 Å². The van der Waals surface area contributed by atoms with Crippen LogP contribution in [0.25, 0.3) is 0 Å². The number of aryl methyl sites for hydroxylation is 1. The summed E-state index contributed by atoms with van der Waals surface area (Å²) < 4.78 is 27.0. The first-order valence-corrected chi connectivity index (χ1v) is 8.03. The summed E-state index contributed by atoms with van der Waals surface area (Å²) in [6.07, 6.45) is 2.13. The molecule has 0 saturated carbocycles. The number of sulfonamides is 1. The number of rotatable bonds is 2. The van der Waals surface area contributed by atoms with Gasteiger partial charge in [0.15, 0.2) is 0 Å². The molecule has 5 nitrogen and oxygen atoms in total. The summed E-state index contributed by atoms with van der Waals surface area (Å²) in [6, 6.07) is 5.59. The third-order valence-electron chi connectivity index (χ3n) is 4.00. The lowest BCUT2D eigenvalue weighted by atomic mass is 10.2. The van der Waals surface area contributed by atoms with Crippen molar-refractivity contribution in [3.8, 4) is 0 Å². The van der Waals surface area contributed by atoms with Gasteiger partial charge >= 0.3 is 0 Å². The number of nitrogens with one attached hydrogen (secondary N) is 1. The first-order valence-electron chi connectivity index (χ1n) is 6.59. The number of fused-ring (bicyclic) bond motifs is 2. The van der Waals surface area contributed by atoms with Crippen LogP contribution in [-0.4, -0.2) is 37.9 Å². The third kappa shape index (κ3) is 2.24. The first kappa shape index (κ1) is 12.9. The zero-order valence-corrected chi connectivity index (χ0v) is 11.8. The standard InChI is InChI=1S/C13H19N3O2S/c1-9-6-10(14)2-5-13(9)19(17,18)16-7-11-3-4-12(8-16)15-11/h2,5-6,11-12,15H,3-4,7-8,14H2,1H3. The highest BCUT2D eigenvalue weighted by molar-refractivity contribution is 7.89. The van der Waals surface area contributed by atoms with Crippen molar-refractivity contribution >= 4 is 15.7 Å². The molecular formula is C13H19N3O2S. The van der Waals surface area contributed by atoms with Crippen LogP contribution in [0.2, 0.25) is 0 Å². The number of nitrogens with zero attached hydrogens (tertiary/aromatic N) is 1. The molecule has 0 spiro atoms. The second kappa shape index (κ2) is 4.47. The van der Waals surface area contributed by atoms with Crippen molar-refractivity contribution in [2.45, 2.75) is 36.7 Å².